The Hall–Kier alpha value is -2.48. The number of para-hydroxylation sites is 1. The van der Waals surface area contributed by atoms with Gasteiger partial charge in [0.15, 0.2) is 5.82 Å². The Morgan fingerprint density at radius 1 is 1.33 bits per heavy atom. The number of benzene rings is 2. The van der Waals surface area contributed by atoms with Crippen LogP contribution in [0.2, 0.25) is 0 Å². The van der Waals surface area contributed by atoms with Gasteiger partial charge in [-0.3, -0.25) is 10.1 Å². The molecule has 0 atom stereocenters. The first-order chi connectivity index (χ1) is 9.90. The second-order valence-electron chi connectivity index (χ2n) is 3.89. The lowest BCUT2D eigenvalue weighted by molar-refractivity contribution is -0.385. The van der Waals surface area contributed by atoms with Gasteiger partial charge in [0.1, 0.15) is 11.3 Å². The summed E-state index contributed by atoms with van der Waals surface area (Å²) in [5, 5.41) is 20.0. The summed E-state index contributed by atoms with van der Waals surface area (Å²) in [6.45, 7) is 0. The first kappa shape index (κ1) is 14.9. The van der Waals surface area contributed by atoms with E-state index in [1.54, 1.807) is 0 Å². The summed E-state index contributed by atoms with van der Waals surface area (Å²) >= 11 is 3.10. The largest absolute Gasteiger partial charge is 0.478 e. The van der Waals surface area contributed by atoms with E-state index in [4.69, 9.17) is 9.84 Å². The average molecular weight is 356 g/mol. The third kappa shape index (κ3) is 3.16. The number of carboxylic acid groups (broad SMARTS) is 1. The summed E-state index contributed by atoms with van der Waals surface area (Å²) in [4.78, 5) is 21.2. The molecule has 2 aromatic carbocycles. The number of hydrogen-bond donors (Lipinski definition) is 1. The van der Waals surface area contributed by atoms with Crippen LogP contribution in [0.3, 0.4) is 0 Å². The predicted molar refractivity (Wildman–Crippen MR) is 74.2 cm³/mol. The highest BCUT2D eigenvalue weighted by molar-refractivity contribution is 9.10. The zero-order chi connectivity index (χ0) is 15.6. The normalized spacial score (nSPS) is 10.2. The number of nitro groups is 1. The van der Waals surface area contributed by atoms with Crippen molar-refractivity contribution in [3.63, 3.8) is 0 Å². The van der Waals surface area contributed by atoms with Gasteiger partial charge in [-0.1, -0.05) is 22.0 Å². The van der Waals surface area contributed by atoms with Crippen molar-refractivity contribution in [2.24, 2.45) is 0 Å². The lowest BCUT2D eigenvalue weighted by Crippen LogP contribution is -2.02. The smallest absolute Gasteiger partial charge is 0.339 e. The molecule has 8 heteroatoms. The third-order valence-corrected chi connectivity index (χ3v) is 3.02. The third-order valence-electron chi connectivity index (χ3n) is 2.53. The molecule has 0 aliphatic carbocycles. The van der Waals surface area contributed by atoms with Gasteiger partial charge >= 0.3 is 11.7 Å². The van der Waals surface area contributed by atoms with Gasteiger partial charge in [-0.15, -0.1) is 0 Å². The van der Waals surface area contributed by atoms with E-state index in [2.05, 4.69) is 15.9 Å². The van der Waals surface area contributed by atoms with Crippen LogP contribution in [-0.4, -0.2) is 16.0 Å². The van der Waals surface area contributed by atoms with Crippen LogP contribution in [0.5, 0.6) is 11.5 Å². The van der Waals surface area contributed by atoms with Crippen LogP contribution in [0.4, 0.5) is 10.1 Å². The number of hydrogen-bond acceptors (Lipinski definition) is 4. The highest BCUT2D eigenvalue weighted by Gasteiger charge is 2.22. The number of halogens is 2. The summed E-state index contributed by atoms with van der Waals surface area (Å²) < 4.78 is 19.3. The molecule has 0 aliphatic heterocycles. The second-order valence-corrected chi connectivity index (χ2v) is 4.81. The maximum absolute atomic E-state index is 13.7. The van der Waals surface area contributed by atoms with E-state index in [9.17, 15) is 19.3 Å². The zero-order valence-electron chi connectivity index (χ0n) is 10.2. The number of carbonyl (C=O) groups is 1. The lowest BCUT2D eigenvalue weighted by atomic mass is 10.2. The molecule has 21 heavy (non-hydrogen) atoms. The fourth-order valence-corrected chi connectivity index (χ4v) is 1.97. The molecule has 0 aromatic heterocycles. The van der Waals surface area contributed by atoms with Gasteiger partial charge in [-0.25, -0.2) is 9.18 Å². The molecular formula is C13H7BrFNO5. The van der Waals surface area contributed by atoms with Gasteiger partial charge in [0.25, 0.3) is 0 Å². The molecule has 0 saturated carbocycles. The van der Waals surface area contributed by atoms with Crippen molar-refractivity contribution in [2.45, 2.75) is 0 Å². The molecule has 2 rings (SSSR count). The molecule has 0 saturated heterocycles. The quantitative estimate of drug-likeness (QED) is 0.661. The molecule has 0 heterocycles. The van der Waals surface area contributed by atoms with Crippen molar-refractivity contribution in [3.05, 3.63) is 62.4 Å². The molecule has 0 bridgehead atoms. The van der Waals surface area contributed by atoms with Gasteiger partial charge in [-0.2, -0.15) is 0 Å². The molecule has 0 unspecified atom stereocenters. The van der Waals surface area contributed by atoms with Gasteiger partial charge in [0, 0.05) is 10.5 Å². The van der Waals surface area contributed by atoms with Crippen LogP contribution >= 0.6 is 15.9 Å². The summed E-state index contributed by atoms with van der Waals surface area (Å²) in [7, 11) is 0. The van der Waals surface area contributed by atoms with Crippen LogP contribution in [0.1, 0.15) is 10.4 Å². The first-order valence-corrected chi connectivity index (χ1v) is 6.33. The number of carboxylic acids is 1. The first-order valence-electron chi connectivity index (χ1n) is 5.53. The molecule has 0 amide bonds. The number of nitrogens with zero attached hydrogens (tertiary/aromatic N) is 1. The highest BCUT2D eigenvalue weighted by atomic mass is 79.9. The fourth-order valence-electron chi connectivity index (χ4n) is 1.61. The maximum Gasteiger partial charge on any atom is 0.339 e. The van der Waals surface area contributed by atoms with Crippen molar-refractivity contribution >= 4 is 27.6 Å². The van der Waals surface area contributed by atoms with Crippen molar-refractivity contribution in [3.8, 4) is 11.5 Å². The predicted octanol–water partition coefficient (Wildman–Crippen LogP) is 3.99. The van der Waals surface area contributed by atoms with E-state index in [0.717, 1.165) is 12.1 Å². The minimum absolute atomic E-state index is 0.195. The van der Waals surface area contributed by atoms with E-state index in [1.807, 2.05) is 0 Å². The summed E-state index contributed by atoms with van der Waals surface area (Å²) in [6.07, 6.45) is 0. The highest BCUT2D eigenvalue weighted by Crippen LogP contribution is 2.35. The monoisotopic (exact) mass is 355 g/mol. The Kier molecular flexibility index (Phi) is 4.18. The van der Waals surface area contributed by atoms with Gasteiger partial charge in [-0.05, 0) is 24.3 Å². The standard InChI is InChI=1S/C13H7BrFNO5/c14-7-4-5-11(8(6-7)13(17)18)21-12-9(15)2-1-3-10(12)16(19)20/h1-6H,(H,17,18). The minimum atomic E-state index is -1.30. The zero-order valence-corrected chi connectivity index (χ0v) is 11.8. The fraction of sp³-hybridized carbons (Fsp3) is 0. The number of ether oxygens (including phenoxy) is 1. The lowest BCUT2D eigenvalue weighted by Gasteiger charge is -2.10. The SMILES string of the molecule is O=C(O)c1cc(Br)ccc1Oc1c(F)cccc1[N+](=O)[O-]. The van der Waals surface area contributed by atoms with E-state index in [1.165, 1.54) is 24.3 Å². The van der Waals surface area contributed by atoms with Crippen molar-refractivity contribution in [1.29, 1.82) is 0 Å². The van der Waals surface area contributed by atoms with Crippen LogP contribution in [0.15, 0.2) is 40.9 Å². The van der Waals surface area contributed by atoms with Gasteiger partial charge in [0.2, 0.25) is 5.75 Å². The molecule has 108 valence electrons. The molecule has 0 spiro atoms. The molecule has 0 radical (unpaired) electrons. The van der Waals surface area contributed by atoms with Gasteiger partial charge < -0.3 is 9.84 Å². The molecule has 1 N–H and O–H groups in total. The van der Waals surface area contributed by atoms with Gasteiger partial charge in [0.05, 0.1) is 4.92 Å². The van der Waals surface area contributed by atoms with E-state index in [-0.39, 0.29) is 11.3 Å². The number of aromatic carboxylic acids is 1. The van der Waals surface area contributed by atoms with E-state index >= 15 is 0 Å². The van der Waals surface area contributed by atoms with Crippen LogP contribution in [0.25, 0.3) is 0 Å². The Labute approximate surface area is 126 Å². The maximum atomic E-state index is 13.7. The van der Waals surface area contributed by atoms with Crippen molar-refractivity contribution in [1.82, 2.24) is 0 Å². The molecule has 0 aliphatic rings. The van der Waals surface area contributed by atoms with E-state index < -0.39 is 28.1 Å². The van der Waals surface area contributed by atoms with Crippen molar-refractivity contribution < 1.29 is 24.0 Å². The number of nitro benzene ring substituents is 1. The van der Waals surface area contributed by atoms with Crippen molar-refractivity contribution in [2.75, 3.05) is 0 Å². The minimum Gasteiger partial charge on any atom is -0.478 e. The summed E-state index contributed by atoms with van der Waals surface area (Å²) in [6, 6.07) is 7.24. The molecule has 0 fully saturated rings. The summed E-state index contributed by atoms with van der Waals surface area (Å²) in [5.41, 5.74) is -0.837. The van der Waals surface area contributed by atoms with Crippen LogP contribution < -0.4 is 4.74 Å². The average Bonchev–Trinajstić information content (AvgIpc) is 2.42. The molecule has 6 nitrogen and oxygen atoms in total. The topological polar surface area (TPSA) is 89.7 Å². The summed E-state index contributed by atoms with van der Waals surface area (Å²) in [5.74, 6) is -3.08. The second kappa shape index (κ2) is 5.88. The number of rotatable bonds is 4. The Morgan fingerprint density at radius 2 is 2.05 bits per heavy atom. The van der Waals surface area contributed by atoms with E-state index in [0.29, 0.717) is 4.47 Å². The van der Waals surface area contributed by atoms with Crippen LogP contribution in [0, 0.1) is 15.9 Å². The molecular weight excluding hydrogens is 349 g/mol. The Balaban J connectivity index is 2.53. The molecule has 2 aromatic rings. The Morgan fingerprint density at radius 3 is 2.67 bits per heavy atom. The van der Waals surface area contributed by atoms with Crippen LogP contribution in [-0.2, 0) is 0 Å². The Bertz CT molecular complexity index is 734.